The van der Waals surface area contributed by atoms with Crippen LogP contribution in [0.4, 0.5) is 9.59 Å². The second kappa shape index (κ2) is 18.1. The smallest absolute Gasteiger partial charge is 0.414 e. The highest BCUT2D eigenvalue weighted by Crippen LogP contribution is 2.40. The van der Waals surface area contributed by atoms with Crippen LogP contribution >= 0.6 is 47.2 Å². The fourth-order valence-corrected chi connectivity index (χ4v) is 5.08. The maximum Gasteiger partial charge on any atom is 0.414 e. The van der Waals surface area contributed by atoms with Crippen molar-refractivity contribution in [1.82, 2.24) is 20.4 Å². The lowest BCUT2D eigenvalue weighted by atomic mass is 10.0. The molecule has 0 aliphatic carbocycles. The maximum absolute atomic E-state index is 12.4. The molecule has 3 N–H and O–H groups in total. The van der Waals surface area contributed by atoms with E-state index < -0.39 is 23.5 Å². The molecule has 0 aromatic heterocycles. The molecular formula is C32H40Cl4N4O8. The van der Waals surface area contributed by atoms with E-state index in [0.29, 0.717) is 32.7 Å². The predicted octanol–water partition coefficient (Wildman–Crippen LogP) is 6.36. The summed E-state index contributed by atoms with van der Waals surface area (Å²) in [6.45, 7) is 7.19. The molecule has 0 fully saturated rings. The first-order chi connectivity index (χ1) is 21.9. The summed E-state index contributed by atoms with van der Waals surface area (Å²) in [5.74, 6) is 0.451. The number of rotatable bonds is 5. The molecule has 2 aromatic carbocycles. The summed E-state index contributed by atoms with van der Waals surface area (Å²) in [5.41, 5.74) is 3.08. The number of nitrogens with one attached hydrogen (secondary N) is 2. The minimum atomic E-state index is -0.567. The Kier molecular flexibility index (Phi) is 15.9. The van der Waals surface area contributed by atoms with Crippen LogP contribution in [0.1, 0.15) is 36.1 Å². The summed E-state index contributed by atoms with van der Waals surface area (Å²) in [7, 11) is 9.32. The van der Waals surface area contributed by atoms with Crippen LogP contribution in [-0.2, 0) is 14.3 Å². The highest BCUT2D eigenvalue weighted by molar-refractivity contribution is 6.62. The third kappa shape index (κ3) is 10.1. The number of nitrogens with zero attached hydrogens (tertiary/aromatic N) is 2. The van der Waals surface area contributed by atoms with Crippen LogP contribution in [0.2, 0.25) is 10.0 Å². The number of halogens is 4. The minimum Gasteiger partial charge on any atom is -0.509 e. The molecule has 2 aromatic rings. The van der Waals surface area contributed by atoms with E-state index in [1.54, 1.807) is 66.3 Å². The van der Waals surface area contributed by atoms with Crippen molar-refractivity contribution in [3.63, 3.8) is 0 Å². The van der Waals surface area contributed by atoms with E-state index >= 15 is 0 Å². The third-order valence-corrected chi connectivity index (χ3v) is 7.64. The highest BCUT2D eigenvalue weighted by Gasteiger charge is 2.36. The van der Waals surface area contributed by atoms with Crippen molar-refractivity contribution in [2.24, 2.45) is 0 Å². The SMILES string of the molecule is CN(C)C(=O)Cl.COc1cc(C)cc(Cl)c1C1=C(O)C(C)NC1=O.COc1cc(C)cc(Cl)c1C1=C(OC(=O)N(C)C)C(C)NC1=O.Cl. The van der Waals surface area contributed by atoms with Gasteiger partial charge in [-0.25, -0.2) is 4.79 Å². The van der Waals surface area contributed by atoms with Gasteiger partial charge in [0.15, 0.2) is 0 Å². The van der Waals surface area contributed by atoms with E-state index in [2.05, 4.69) is 10.6 Å². The normalized spacial score (nSPS) is 16.4. The van der Waals surface area contributed by atoms with Crippen LogP contribution in [0.25, 0.3) is 11.1 Å². The number of aliphatic hydroxyl groups excluding tert-OH is 1. The number of benzene rings is 2. The van der Waals surface area contributed by atoms with Crippen LogP contribution in [0.15, 0.2) is 35.8 Å². The average molecular weight is 751 g/mol. The van der Waals surface area contributed by atoms with Gasteiger partial charge in [-0.05, 0) is 74.7 Å². The summed E-state index contributed by atoms with van der Waals surface area (Å²) in [6.07, 6.45) is -0.567. The monoisotopic (exact) mass is 748 g/mol. The number of hydrogen-bond donors (Lipinski definition) is 3. The highest BCUT2D eigenvalue weighted by atomic mass is 35.5. The first kappa shape index (κ1) is 42.2. The van der Waals surface area contributed by atoms with Crippen LogP contribution in [0.5, 0.6) is 11.5 Å². The summed E-state index contributed by atoms with van der Waals surface area (Å²) in [4.78, 5) is 48.5. The zero-order chi connectivity index (χ0) is 35.9. The van der Waals surface area contributed by atoms with Crippen molar-refractivity contribution in [3.8, 4) is 11.5 Å². The van der Waals surface area contributed by atoms with Crippen molar-refractivity contribution >= 4 is 81.6 Å². The Morgan fingerprint density at radius 2 is 1.17 bits per heavy atom. The molecule has 4 amide bonds. The van der Waals surface area contributed by atoms with Gasteiger partial charge in [-0.3, -0.25) is 14.4 Å². The molecule has 16 heteroatoms. The van der Waals surface area contributed by atoms with Crippen LogP contribution in [0.3, 0.4) is 0 Å². The number of aryl methyl sites for hydroxylation is 2. The first-order valence-corrected chi connectivity index (χ1v) is 15.2. The van der Waals surface area contributed by atoms with Gasteiger partial charge in [-0.2, -0.15) is 0 Å². The molecule has 2 unspecified atom stereocenters. The molecule has 48 heavy (non-hydrogen) atoms. The summed E-state index contributed by atoms with van der Waals surface area (Å²) in [5, 5.41) is 15.7. The van der Waals surface area contributed by atoms with Crippen LogP contribution in [0, 0.1) is 13.8 Å². The van der Waals surface area contributed by atoms with Crippen molar-refractivity contribution in [3.05, 3.63) is 68.1 Å². The van der Waals surface area contributed by atoms with Gasteiger partial charge in [0.25, 0.3) is 11.8 Å². The maximum atomic E-state index is 12.4. The molecule has 2 heterocycles. The van der Waals surface area contributed by atoms with Gasteiger partial charge >= 0.3 is 11.5 Å². The zero-order valence-electron chi connectivity index (χ0n) is 28.2. The van der Waals surface area contributed by atoms with E-state index in [4.69, 9.17) is 49.0 Å². The van der Waals surface area contributed by atoms with E-state index in [1.807, 2.05) is 13.8 Å². The fourth-order valence-electron chi connectivity index (χ4n) is 4.36. The number of carbonyl (C=O) groups is 4. The third-order valence-electron chi connectivity index (χ3n) is 6.71. The minimum absolute atomic E-state index is 0. The second-order valence-electron chi connectivity index (χ2n) is 10.9. The van der Waals surface area contributed by atoms with Crippen molar-refractivity contribution in [2.75, 3.05) is 42.4 Å². The fraction of sp³-hybridized carbons (Fsp3) is 0.375. The Hall–Kier alpha value is -3.84. The average Bonchev–Trinajstić information content (AvgIpc) is 3.39. The molecule has 264 valence electrons. The molecule has 12 nitrogen and oxygen atoms in total. The Morgan fingerprint density at radius 3 is 1.52 bits per heavy atom. The second-order valence-corrected chi connectivity index (χ2v) is 12.1. The zero-order valence-corrected chi connectivity index (χ0v) is 31.3. The number of methoxy groups -OCH3 is 2. The molecule has 2 aliphatic rings. The topological polar surface area (TPSA) is 147 Å². The molecule has 0 spiro atoms. The number of ether oxygens (including phenoxy) is 3. The van der Waals surface area contributed by atoms with Gasteiger partial charge < -0.3 is 39.8 Å². The lowest BCUT2D eigenvalue weighted by Crippen LogP contribution is -2.29. The van der Waals surface area contributed by atoms with Crippen LogP contribution < -0.4 is 20.1 Å². The molecule has 0 saturated carbocycles. The summed E-state index contributed by atoms with van der Waals surface area (Å²) >= 11 is 17.4. The number of carbonyl (C=O) groups excluding carboxylic acids is 4. The van der Waals surface area contributed by atoms with Gasteiger partial charge in [-0.1, -0.05) is 23.2 Å². The number of hydrogen-bond acceptors (Lipinski definition) is 8. The molecule has 2 aliphatic heterocycles. The lowest BCUT2D eigenvalue weighted by Gasteiger charge is -2.16. The molecule has 2 atom stereocenters. The van der Waals surface area contributed by atoms with Gasteiger partial charge in [0.1, 0.15) is 23.0 Å². The lowest BCUT2D eigenvalue weighted by molar-refractivity contribution is -0.116. The predicted molar refractivity (Wildman–Crippen MR) is 190 cm³/mol. The van der Waals surface area contributed by atoms with Gasteiger partial charge in [0, 0.05) is 28.2 Å². The molecule has 4 rings (SSSR count). The molecule has 0 bridgehead atoms. The number of aliphatic hydroxyl groups is 1. The Morgan fingerprint density at radius 1 is 0.771 bits per heavy atom. The van der Waals surface area contributed by atoms with E-state index in [-0.39, 0.29) is 46.9 Å². The van der Waals surface area contributed by atoms with E-state index in [0.717, 1.165) is 11.1 Å². The van der Waals surface area contributed by atoms with Gasteiger partial charge in [-0.15, -0.1) is 12.4 Å². The van der Waals surface area contributed by atoms with Crippen LogP contribution in [-0.4, -0.2) is 92.7 Å². The first-order valence-electron chi connectivity index (χ1n) is 14.1. The quantitative estimate of drug-likeness (QED) is 0.237. The Bertz CT molecular complexity index is 1630. The Balaban J connectivity index is 0.000000411. The molecule has 0 radical (unpaired) electrons. The molecule has 0 saturated heterocycles. The molecular weight excluding hydrogens is 710 g/mol. The number of amides is 4. The van der Waals surface area contributed by atoms with Gasteiger partial charge in [0.2, 0.25) is 0 Å². The standard InChI is InChI=1S/C16H19ClN2O4.C13H14ClNO3.C3H6ClNO.ClH/c1-8-6-10(17)12(11(7-8)22-5)13-14(9(2)18-15(13)20)23-16(21)19(3)4;1-6-4-8(14)10(9(5-6)18-3)11-12(16)7(2)15-13(11)17;1-5(2)3(4)6;/h6-7,9H,1-5H3,(H,18,20);4-5,7,16H,1-3H3,(H,15,17);1-2H3;1H. The van der Waals surface area contributed by atoms with E-state index in [1.165, 1.54) is 24.0 Å². The summed E-state index contributed by atoms with van der Waals surface area (Å²) in [6, 6.07) is 6.16. The summed E-state index contributed by atoms with van der Waals surface area (Å²) < 4.78 is 16.0. The van der Waals surface area contributed by atoms with Crippen molar-refractivity contribution in [1.29, 1.82) is 0 Å². The van der Waals surface area contributed by atoms with Gasteiger partial charge in [0.05, 0.1) is 58.6 Å². The van der Waals surface area contributed by atoms with Crippen molar-refractivity contribution < 1.29 is 38.5 Å². The van der Waals surface area contributed by atoms with E-state index in [9.17, 15) is 24.3 Å². The van der Waals surface area contributed by atoms with Crippen molar-refractivity contribution in [2.45, 2.75) is 39.8 Å². The largest absolute Gasteiger partial charge is 0.509 e. The Labute approximate surface area is 301 Å².